The maximum Gasteiger partial charge on any atom is 0.265 e. The first-order chi connectivity index (χ1) is 17.8. The summed E-state index contributed by atoms with van der Waals surface area (Å²) in [5.74, 6) is -0.273. The van der Waals surface area contributed by atoms with Crippen LogP contribution in [0.25, 0.3) is 0 Å². The van der Waals surface area contributed by atoms with Crippen LogP contribution >= 0.6 is 0 Å². The lowest BCUT2D eigenvalue weighted by atomic mass is 9.94. The maximum atomic E-state index is 13.6. The van der Waals surface area contributed by atoms with E-state index in [1.54, 1.807) is 35.2 Å². The second-order valence-electron chi connectivity index (χ2n) is 9.83. The summed E-state index contributed by atoms with van der Waals surface area (Å²) in [6.07, 6.45) is 0.0575. The number of hydrogen-bond acceptors (Lipinski definition) is 5. The van der Waals surface area contributed by atoms with Crippen molar-refractivity contribution in [2.45, 2.75) is 26.3 Å². The molecule has 1 aliphatic rings. The number of nitrogens with one attached hydrogen (secondary N) is 2. The fourth-order valence-corrected chi connectivity index (χ4v) is 4.10. The molecule has 1 atom stereocenters. The standard InChI is InChI=1S/C29H32N4O4/c1-29(2,18-30)19-31-28(36)21-13-14-24-23(15-21)32-26(34)16-25(20-9-5-3-6-10-20)33(24)27(35)17-37-22-11-7-4-8-12-22/h3-15,25H,16-19,30H2,1-2H3,(H,31,36)(H,32,34). The Morgan fingerprint density at radius 1 is 1.05 bits per heavy atom. The van der Waals surface area contributed by atoms with E-state index in [2.05, 4.69) is 10.6 Å². The summed E-state index contributed by atoms with van der Waals surface area (Å²) in [7, 11) is 0. The van der Waals surface area contributed by atoms with Crippen molar-refractivity contribution in [3.05, 3.63) is 90.0 Å². The van der Waals surface area contributed by atoms with Crippen molar-refractivity contribution in [1.82, 2.24) is 5.32 Å². The molecule has 8 heteroatoms. The summed E-state index contributed by atoms with van der Waals surface area (Å²) in [4.78, 5) is 41.0. The number of carbonyl (C=O) groups excluding carboxylic acids is 3. The second kappa shape index (κ2) is 11.3. The summed E-state index contributed by atoms with van der Waals surface area (Å²) in [6, 6.07) is 22.9. The number of fused-ring (bicyclic) bond motifs is 1. The van der Waals surface area contributed by atoms with E-state index in [0.29, 0.717) is 35.8 Å². The highest BCUT2D eigenvalue weighted by Gasteiger charge is 2.34. The van der Waals surface area contributed by atoms with Gasteiger partial charge in [-0.1, -0.05) is 62.4 Å². The van der Waals surface area contributed by atoms with E-state index >= 15 is 0 Å². The third-order valence-corrected chi connectivity index (χ3v) is 6.32. The molecule has 3 amide bonds. The fourth-order valence-electron chi connectivity index (χ4n) is 4.10. The van der Waals surface area contributed by atoms with Gasteiger partial charge in [0, 0.05) is 12.1 Å². The highest BCUT2D eigenvalue weighted by atomic mass is 16.5. The number of rotatable bonds is 8. The number of carbonyl (C=O) groups is 3. The molecular formula is C29H32N4O4. The van der Waals surface area contributed by atoms with Crippen molar-refractivity contribution < 1.29 is 19.1 Å². The first-order valence-electron chi connectivity index (χ1n) is 12.2. The van der Waals surface area contributed by atoms with E-state index < -0.39 is 6.04 Å². The molecule has 0 fully saturated rings. The van der Waals surface area contributed by atoms with Gasteiger partial charge in [0.25, 0.3) is 11.8 Å². The van der Waals surface area contributed by atoms with Crippen LogP contribution in [0.4, 0.5) is 11.4 Å². The van der Waals surface area contributed by atoms with E-state index in [9.17, 15) is 14.4 Å². The second-order valence-corrected chi connectivity index (χ2v) is 9.83. The van der Waals surface area contributed by atoms with Gasteiger partial charge in [0.15, 0.2) is 6.61 Å². The minimum absolute atomic E-state index is 0.0575. The van der Waals surface area contributed by atoms with Crippen molar-refractivity contribution in [2.75, 3.05) is 29.9 Å². The van der Waals surface area contributed by atoms with Crippen molar-refractivity contribution in [2.24, 2.45) is 11.1 Å². The zero-order valence-electron chi connectivity index (χ0n) is 21.1. The molecule has 0 aliphatic carbocycles. The predicted molar refractivity (Wildman–Crippen MR) is 143 cm³/mol. The Hall–Kier alpha value is -4.17. The average molecular weight is 501 g/mol. The Morgan fingerprint density at radius 2 is 1.73 bits per heavy atom. The van der Waals surface area contributed by atoms with Crippen molar-refractivity contribution >= 4 is 29.1 Å². The molecule has 0 spiro atoms. The Kier molecular flexibility index (Phi) is 7.89. The molecule has 3 aromatic carbocycles. The minimum atomic E-state index is -0.542. The van der Waals surface area contributed by atoms with E-state index in [1.807, 2.05) is 62.4 Å². The van der Waals surface area contributed by atoms with Crippen molar-refractivity contribution in [3.63, 3.8) is 0 Å². The summed E-state index contributed by atoms with van der Waals surface area (Å²) >= 11 is 0. The number of ether oxygens (including phenoxy) is 1. The lowest BCUT2D eigenvalue weighted by molar-refractivity contribution is -0.121. The van der Waals surface area contributed by atoms with Crippen LogP contribution in [0.2, 0.25) is 0 Å². The van der Waals surface area contributed by atoms with Crippen LogP contribution in [-0.2, 0) is 9.59 Å². The third kappa shape index (κ3) is 6.34. The molecule has 4 N–H and O–H groups in total. The first kappa shape index (κ1) is 25.9. The molecule has 0 saturated carbocycles. The van der Waals surface area contributed by atoms with E-state index in [0.717, 1.165) is 5.56 Å². The molecule has 1 aliphatic heterocycles. The number of para-hydroxylation sites is 1. The van der Waals surface area contributed by atoms with Gasteiger partial charge < -0.3 is 21.1 Å². The Labute approximate surface area is 216 Å². The topological polar surface area (TPSA) is 114 Å². The summed E-state index contributed by atoms with van der Waals surface area (Å²) < 4.78 is 5.75. The number of amides is 3. The fraction of sp³-hybridized carbons (Fsp3) is 0.276. The van der Waals surface area contributed by atoms with E-state index in [-0.39, 0.29) is 36.2 Å². The Bertz CT molecular complexity index is 1260. The SMILES string of the molecule is CC(C)(CN)CNC(=O)c1ccc2c(c1)NC(=O)CC(c1ccccc1)N2C(=O)COc1ccccc1. The number of nitrogens with two attached hydrogens (primary N) is 1. The third-order valence-electron chi connectivity index (χ3n) is 6.32. The molecule has 1 heterocycles. The predicted octanol–water partition coefficient (Wildman–Crippen LogP) is 3.90. The molecule has 3 aromatic rings. The number of nitrogens with zero attached hydrogens (tertiary/aromatic N) is 1. The molecule has 0 saturated heterocycles. The summed E-state index contributed by atoms with van der Waals surface area (Å²) in [6.45, 7) is 4.56. The Balaban J connectivity index is 1.67. The van der Waals surface area contributed by atoms with Gasteiger partial charge in [-0.3, -0.25) is 19.3 Å². The summed E-state index contributed by atoms with van der Waals surface area (Å²) in [5.41, 5.74) is 7.61. The lowest BCUT2D eigenvalue weighted by Crippen LogP contribution is -2.39. The van der Waals surface area contributed by atoms with Crippen LogP contribution in [0.1, 0.15) is 42.2 Å². The number of benzene rings is 3. The minimum Gasteiger partial charge on any atom is -0.484 e. The van der Waals surface area contributed by atoms with Crippen molar-refractivity contribution in [1.29, 1.82) is 0 Å². The van der Waals surface area contributed by atoms with Crippen LogP contribution in [-0.4, -0.2) is 37.4 Å². The van der Waals surface area contributed by atoms with Gasteiger partial charge in [-0.15, -0.1) is 0 Å². The molecule has 4 rings (SSSR count). The molecule has 1 unspecified atom stereocenters. The van der Waals surface area contributed by atoms with Gasteiger partial charge in [0.1, 0.15) is 5.75 Å². The highest BCUT2D eigenvalue weighted by Crippen LogP contribution is 2.38. The normalized spacial score (nSPS) is 15.3. The molecule has 8 nitrogen and oxygen atoms in total. The maximum absolute atomic E-state index is 13.6. The zero-order chi connectivity index (χ0) is 26.4. The van der Waals surface area contributed by atoms with Crippen molar-refractivity contribution in [3.8, 4) is 5.75 Å². The van der Waals surface area contributed by atoms with E-state index in [1.165, 1.54) is 0 Å². The molecule has 37 heavy (non-hydrogen) atoms. The molecule has 0 aromatic heterocycles. The highest BCUT2D eigenvalue weighted by molar-refractivity contribution is 6.07. The number of hydrogen-bond donors (Lipinski definition) is 3. The molecular weight excluding hydrogens is 468 g/mol. The smallest absolute Gasteiger partial charge is 0.265 e. The van der Waals surface area contributed by atoms with Gasteiger partial charge in [0.05, 0.1) is 23.8 Å². The monoisotopic (exact) mass is 500 g/mol. The lowest BCUT2D eigenvalue weighted by Gasteiger charge is -2.31. The van der Waals surface area contributed by atoms with Crippen LogP contribution in [0.5, 0.6) is 5.75 Å². The van der Waals surface area contributed by atoms with E-state index in [4.69, 9.17) is 10.5 Å². The largest absolute Gasteiger partial charge is 0.484 e. The van der Waals surface area contributed by atoms with Crippen LogP contribution in [0.15, 0.2) is 78.9 Å². The van der Waals surface area contributed by atoms with Crippen LogP contribution < -0.4 is 26.0 Å². The zero-order valence-corrected chi connectivity index (χ0v) is 21.1. The van der Waals surface area contributed by atoms with Gasteiger partial charge >= 0.3 is 0 Å². The van der Waals surface area contributed by atoms with Gasteiger partial charge in [-0.2, -0.15) is 0 Å². The quantitative estimate of drug-likeness (QED) is 0.434. The first-order valence-corrected chi connectivity index (χ1v) is 12.2. The van der Waals surface area contributed by atoms with Gasteiger partial charge in [-0.05, 0) is 47.9 Å². The molecule has 0 radical (unpaired) electrons. The van der Waals surface area contributed by atoms with Gasteiger partial charge in [-0.25, -0.2) is 0 Å². The summed E-state index contributed by atoms with van der Waals surface area (Å²) in [5, 5.41) is 5.78. The molecule has 192 valence electrons. The molecule has 0 bridgehead atoms. The van der Waals surface area contributed by atoms with Crippen LogP contribution in [0, 0.1) is 5.41 Å². The van der Waals surface area contributed by atoms with Gasteiger partial charge in [0.2, 0.25) is 5.91 Å². The number of anilines is 2. The van der Waals surface area contributed by atoms with Crippen LogP contribution in [0.3, 0.4) is 0 Å². The Morgan fingerprint density at radius 3 is 2.41 bits per heavy atom. The average Bonchev–Trinajstić information content (AvgIpc) is 3.06.